The Balaban J connectivity index is 1.77. The van der Waals surface area contributed by atoms with Crippen molar-refractivity contribution < 1.29 is 9.53 Å². The van der Waals surface area contributed by atoms with Crippen LogP contribution in [0.3, 0.4) is 0 Å². The van der Waals surface area contributed by atoms with Crippen LogP contribution in [0.25, 0.3) is 10.8 Å². The number of rotatable bonds is 3. The number of carbonyl (C=O) groups excluding carboxylic acids is 1. The molecule has 2 atom stereocenters. The van der Waals surface area contributed by atoms with Crippen molar-refractivity contribution in [1.29, 1.82) is 0 Å². The van der Waals surface area contributed by atoms with Crippen LogP contribution in [0.15, 0.2) is 36.4 Å². The first-order valence-electron chi connectivity index (χ1n) is 8.01. The van der Waals surface area contributed by atoms with E-state index in [-0.39, 0.29) is 11.7 Å². The number of Topliss-reactive ketones (excluding diaryl/α,β-unsaturated/α-hetero) is 1. The van der Waals surface area contributed by atoms with Gasteiger partial charge in [-0.1, -0.05) is 30.3 Å². The predicted molar refractivity (Wildman–Crippen MR) is 92.0 cm³/mol. The van der Waals surface area contributed by atoms with Crippen molar-refractivity contribution in [3.8, 4) is 5.75 Å². The van der Waals surface area contributed by atoms with Crippen molar-refractivity contribution >= 4 is 28.3 Å². The van der Waals surface area contributed by atoms with E-state index in [1.54, 1.807) is 7.11 Å². The maximum absolute atomic E-state index is 13.2. The largest absolute Gasteiger partial charge is 0.496 e. The standard InChI is InChI=1S/C19H20O2S/c1-21-17-9-6-12-4-2-3-5-16(12)18(17)19(20)13-10-14-7-8-15(11-13)22-14/h2-6,9,13-15H,7-8,10-11H2,1H3. The zero-order valence-corrected chi connectivity index (χ0v) is 13.6. The molecule has 2 saturated heterocycles. The Kier molecular flexibility index (Phi) is 3.61. The summed E-state index contributed by atoms with van der Waals surface area (Å²) < 4.78 is 5.51. The average Bonchev–Trinajstić information content (AvgIpc) is 2.91. The molecule has 2 fully saturated rings. The molecule has 0 aromatic heterocycles. The van der Waals surface area contributed by atoms with E-state index < -0.39 is 0 Å². The Morgan fingerprint density at radius 2 is 1.82 bits per heavy atom. The number of methoxy groups -OCH3 is 1. The summed E-state index contributed by atoms with van der Waals surface area (Å²) in [5.41, 5.74) is 0.789. The zero-order valence-electron chi connectivity index (χ0n) is 12.7. The summed E-state index contributed by atoms with van der Waals surface area (Å²) in [6.07, 6.45) is 4.64. The minimum Gasteiger partial charge on any atom is -0.496 e. The van der Waals surface area contributed by atoms with Crippen molar-refractivity contribution in [2.75, 3.05) is 7.11 Å². The summed E-state index contributed by atoms with van der Waals surface area (Å²) >= 11 is 2.10. The van der Waals surface area contributed by atoms with Crippen LogP contribution in [0.4, 0.5) is 0 Å². The Morgan fingerprint density at radius 3 is 2.55 bits per heavy atom. The van der Waals surface area contributed by atoms with Gasteiger partial charge in [0.15, 0.2) is 5.78 Å². The molecule has 0 N–H and O–H groups in total. The lowest BCUT2D eigenvalue weighted by Gasteiger charge is -2.27. The van der Waals surface area contributed by atoms with Crippen LogP contribution in [-0.4, -0.2) is 23.4 Å². The second-order valence-corrected chi connectivity index (χ2v) is 7.96. The van der Waals surface area contributed by atoms with Crippen molar-refractivity contribution in [1.82, 2.24) is 0 Å². The van der Waals surface area contributed by atoms with Gasteiger partial charge >= 0.3 is 0 Å². The molecule has 2 aliphatic rings. The summed E-state index contributed by atoms with van der Waals surface area (Å²) in [5.74, 6) is 1.17. The van der Waals surface area contributed by atoms with E-state index >= 15 is 0 Å². The highest BCUT2D eigenvalue weighted by atomic mass is 32.2. The Morgan fingerprint density at radius 1 is 1.09 bits per heavy atom. The van der Waals surface area contributed by atoms with E-state index in [0.29, 0.717) is 16.2 Å². The second-order valence-electron chi connectivity index (χ2n) is 6.35. The fourth-order valence-electron chi connectivity index (χ4n) is 3.95. The molecule has 0 amide bonds. The molecule has 0 spiro atoms. The van der Waals surface area contributed by atoms with Crippen LogP contribution in [-0.2, 0) is 0 Å². The van der Waals surface area contributed by atoms with E-state index in [1.807, 2.05) is 30.3 Å². The van der Waals surface area contributed by atoms with E-state index in [4.69, 9.17) is 4.74 Å². The average molecular weight is 312 g/mol. The third-order valence-electron chi connectivity index (χ3n) is 5.02. The van der Waals surface area contributed by atoms with Crippen molar-refractivity contribution in [3.05, 3.63) is 42.0 Å². The van der Waals surface area contributed by atoms with Gasteiger partial charge in [0.2, 0.25) is 0 Å². The third-order valence-corrected chi connectivity index (χ3v) is 6.64. The van der Waals surface area contributed by atoms with Crippen molar-refractivity contribution in [2.24, 2.45) is 5.92 Å². The molecule has 22 heavy (non-hydrogen) atoms. The number of carbonyl (C=O) groups is 1. The van der Waals surface area contributed by atoms with Crippen LogP contribution in [0, 0.1) is 5.92 Å². The van der Waals surface area contributed by atoms with Gasteiger partial charge in [0.25, 0.3) is 0 Å². The number of hydrogen-bond donors (Lipinski definition) is 0. The molecule has 0 saturated carbocycles. The van der Waals surface area contributed by atoms with Gasteiger partial charge in [0.05, 0.1) is 12.7 Å². The van der Waals surface area contributed by atoms with E-state index in [1.165, 1.54) is 12.8 Å². The molecule has 0 radical (unpaired) electrons. The molecule has 2 bridgehead atoms. The van der Waals surface area contributed by atoms with Gasteiger partial charge in [0.1, 0.15) is 5.75 Å². The zero-order chi connectivity index (χ0) is 15.1. The molecular weight excluding hydrogens is 292 g/mol. The number of ketones is 1. The Bertz CT molecular complexity index is 712. The van der Waals surface area contributed by atoms with Gasteiger partial charge in [-0.3, -0.25) is 4.79 Å². The fourth-order valence-corrected chi connectivity index (χ4v) is 5.73. The number of benzene rings is 2. The summed E-state index contributed by atoms with van der Waals surface area (Å²) in [5, 5.41) is 3.51. The van der Waals surface area contributed by atoms with E-state index in [0.717, 1.165) is 29.2 Å². The molecule has 2 nitrogen and oxygen atoms in total. The lowest BCUT2D eigenvalue weighted by atomic mass is 9.87. The minimum atomic E-state index is 0.165. The maximum Gasteiger partial charge on any atom is 0.170 e. The van der Waals surface area contributed by atoms with Crippen LogP contribution in [0.5, 0.6) is 5.75 Å². The molecule has 2 aromatic carbocycles. The normalized spacial score (nSPS) is 27.0. The van der Waals surface area contributed by atoms with Gasteiger partial charge < -0.3 is 4.74 Å². The molecular formula is C19H20O2S. The second kappa shape index (κ2) is 5.62. The topological polar surface area (TPSA) is 26.3 Å². The number of fused-ring (bicyclic) bond motifs is 3. The molecule has 2 heterocycles. The van der Waals surface area contributed by atoms with Crippen molar-refractivity contribution in [2.45, 2.75) is 36.2 Å². The number of hydrogen-bond acceptors (Lipinski definition) is 3. The molecule has 3 heteroatoms. The third kappa shape index (κ3) is 2.32. The first-order chi connectivity index (χ1) is 10.8. The maximum atomic E-state index is 13.2. The molecule has 0 aliphatic carbocycles. The van der Waals surface area contributed by atoms with Gasteiger partial charge in [-0.15, -0.1) is 0 Å². The number of thioether (sulfide) groups is 1. The fraction of sp³-hybridized carbons (Fsp3) is 0.421. The van der Waals surface area contributed by atoms with E-state index in [2.05, 4.69) is 17.8 Å². The van der Waals surface area contributed by atoms with Crippen LogP contribution >= 0.6 is 11.8 Å². The first kappa shape index (κ1) is 14.1. The summed E-state index contributed by atoms with van der Waals surface area (Å²) in [6.45, 7) is 0. The van der Waals surface area contributed by atoms with Gasteiger partial charge in [-0.2, -0.15) is 11.8 Å². The van der Waals surface area contributed by atoms with Crippen molar-refractivity contribution in [3.63, 3.8) is 0 Å². The highest BCUT2D eigenvalue weighted by molar-refractivity contribution is 8.00. The number of ether oxygens (including phenoxy) is 1. The molecule has 2 unspecified atom stereocenters. The molecule has 4 rings (SSSR count). The monoisotopic (exact) mass is 312 g/mol. The van der Waals surface area contributed by atoms with Crippen LogP contribution < -0.4 is 4.74 Å². The highest BCUT2D eigenvalue weighted by Crippen LogP contribution is 2.47. The summed E-state index contributed by atoms with van der Waals surface area (Å²) in [4.78, 5) is 13.2. The van der Waals surface area contributed by atoms with Crippen LogP contribution in [0.1, 0.15) is 36.0 Å². The van der Waals surface area contributed by atoms with E-state index in [9.17, 15) is 4.79 Å². The van der Waals surface area contributed by atoms with Gasteiger partial charge in [-0.05, 0) is 42.5 Å². The minimum absolute atomic E-state index is 0.165. The lowest BCUT2D eigenvalue weighted by molar-refractivity contribution is 0.0905. The lowest BCUT2D eigenvalue weighted by Crippen LogP contribution is -2.25. The summed E-state index contributed by atoms with van der Waals surface area (Å²) in [7, 11) is 1.65. The van der Waals surface area contributed by atoms with Gasteiger partial charge in [-0.25, -0.2) is 0 Å². The molecule has 114 valence electrons. The quantitative estimate of drug-likeness (QED) is 0.768. The SMILES string of the molecule is COc1ccc2ccccc2c1C(=O)C1CC2CCC(C1)S2. The smallest absolute Gasteiger partial charge is 0.170 e. The van der Waals surface area contributed by atoms with Crippen LogP contribution in [0.2, 0.25) is 0 Å². The molecule has 2 aliphatic heterocycles. The highest BCUT2D eigenvalue weighted by Gasteiger charge is 2.38. The Hall–Kier alpha value is -1.48. The first-order valence-corrected chi connectivity index (χ1v) is 8.96. The Labute approximate surface area is 135 Å². The molecule has 2 aromatic rings. The predicted octanol–water partition coefficient (Wildman–Crippen LogP) is 4.71. The van der Waals surface area contributed by atoms with Gasteiger partial charge in [0, 0.05) is 16.4 Å². The summed E-state index contributed by atoms with van der Waals surface area (Å²) in [6, 6.07) is 12.1.